The molecule has 2 heterocycles. The summed E-state index contributed by atoms with van der Waals surface area (Å²) in [7, 11) is 0. The molecular weight excluding hydrogens is 432 g/mol. The highest BCUT2D eigenvalue weighted by Gasteiger charge is 2.34. The Morgan fingerprint density at radius 1 is 1.00 bits per heavy atom. The first kappa shape index (κ1) is 20.9. The quantitative estimate of drug-likeness (QED) is 0.512. The van der Waals surface area contributed by atoms with E-state index in [4.69, 9.17) is 4.74 Å². The lowest BCUT2D eigenvalue weighted by molar-refractivity contribution is -0.122. The van der Waals surface area contributed by atoms with E-state index in [-0.39, 0.29) is 30.1 Å². The fourth-order valence-corrected chi connectivity index (χ4v) is 4.49. The molecule has 2 aromatic carbocycles. The number of benzene rings is 2. The lowest BCUT2D eigenvalue weighted by Crippen LogP contribution is -2.37. The first-order valence-electron chi connectivity index (χ1n) is 9.50. The van der Waals surface area contributed by atoms with Gasteiger partial charge in [-0.1, -0.05) is 30.3 Å². The molecule has 0 atom stereocenters. The van der Waals surface area contributed by atoms with Crippen molar-refractivity contribution in [1.29, 1.82) is 0 Å². The number of hydrogen-bond donors (Lipinski definition) is 1. The molecule has 8 heteroatoms. The van der Waals surface area contributed by atoms with E-state index in [0.29, 0.717) is 22.0 Å². The van der Waals surface area contributed by atoms with Crippen LogP contribution in [0.3, 0.4) is 0 Å². The molecule has 31 heavy (non-hydrogen) atoms. The summed E-state index contributed by atoms with van der Waals surface area (Å²) in [5, 5.41) is 4.33. The topological polar surface area (TPSA) is 75.7 Å². The number of ether oxygens (including phenoxy) is 1. The van der Waals surface area contributed by atoms with Gasteiger partial charge in [-0.3, -0.25) is 19.3 Å². The van der Waals surface area contributed by atoms with E-state index in [1.54, 1.807) is 30.3 Å². The first-order valence-corrected chi connectivity index (χ1v) is 11.2. The number of amides is 3. The zero-order valence-electron chi connectivity index (χ0n) is 16.3. The Balaban J connectivity index is 1.33. The Morgan fingerprint density at radius 2 is 1.81 bits per heavy atom. The molecule has 0 aliphatic carbocycles. The Morgan fingerprint density at radius 3 is 2.58 bits per heavy atom. The summed E-state index contributed by atoms with van der Waals surface area (Å²) < 4.78 is 5.75. The van der Waals surface area contributed by atoms with Crippen LogP contribution in [0.25, 0.3) is 6.08 Å². The number of carbonyl (C=O) groups excluding carboxylic acids is 3. The second-order valence-corrected chi connectivity index (χ2v) is 8.52. The molecule has 1 aliphatic heterocycles. The normalized spacial score (nSPS) is 14.8. The monoisotopic (exact) mass is 450 g/mol. The van der Waals surface area contributed by atoms with Crippen LogP contribution in [0, 0.1) is 0 Å². The fourth-order valence-electron chi connectivity index (χ4n) is 2.90. The molecule has 0 radical (unpaired) electrons. The highest BCUT2D eigenvalue weighted by atomic mass is 32.2. The third-order valence-electron chi connectivity index (χ3n) is 4.39. The minimum Gasteiger partial charge on any atom is -0.457 e. The van der Waals surface area contributed by atoms with E-state index < -0.39 is 0 Å². The molecule has 0 unspecified atom stereocenters. The molecule has 1 N–H and O–H groups in total. The van der Waals surface area contributed by atoms with Gasteiger partial charge >= 0.3 is 0 Å². The molecule has 156 valence electrons. The Hall–Kier alpha value is -3.36. The number of imide groups is 1. The molecule has 6 nitrogen and oxygen atoms in total. The summed E-state index contributed by atoms with van der Waals surface area (Å²) in [4.78, 5) is 39.6. The Bertz CT molecular complexity index is 1130. The summed E-state index contributed by atoms with van der Waals surface area (Å²) >= 11 is 2.41. The maximum atomic E-state index is 12.5. The number of thiophene rings is 1. The van der Waals surface area contributed by atoms with Gasteiger partial charge in [-0.15, -0.1) is 11.3 Å². The molecule has 3 aromatic rings. The van der Waals surface area contributed by atoms with Gasteiger partial charge in [0.2, 0.25) is 0 Å². The number of rotatable bonds is 7. The molecule has 0 spiro atoms. The molecule has 1 fully saturated rings. The summed E-state index contributed by atoms with van der Waals surface area (Å²) in [6.45, 7) is 0.269. The molecule has 4 rings (SSSR count). The maximum absolute atomic E-state index is 12.5. The maximum Gasteiger partial charge on any atom is 0.293 e. The highest BCUT2D eigenvalue weighted by molar-refractivity contribution is 8.18. The van der Waals surface area contributed by atoms with Crippen molar-refractivity contribution in [3.8, 4) is 11.5 Å². The molecule has 0 bridgehead atoms. The predicted octanol–water partition coefficient (Wildman–Crippen LogP) is 5.01. The van der Waals surface area contributed by atoms with E-state index >= 15 is 0 Å². The van der Waals surface area contributed by atoms with Gasteiger partial charge in [-0.25, -0.2) is 0 Å². The minimum atomic E-state index is -0.337. The fraction of sp³-hybridized carbons (Fsp3) is 0.0870. The zero-order chi connectivity index (χ0) is 21.6. The van der Waals surface area contributed by atoms with Gasteiger partial charge in [0.25, 0.3) is 17.1 Å². The number of nitrogens with zero attached hydrogens (tertiary/aromatic N) is 1. The van der Waals surface area contributed by atoms with Crippen LogP contribution < -0.4 is 10.1 Å². The first-order chi connectivity index (χ1) is 15.1. The predicted molar refractivity (Wildman–Crippen MR) is 122 cm³/mol. The van der Waals surface area contributed by atoms with Crippen molar-refractivity contribution < 1.29 is 19.1 Å². The van der Waals surface area contributed by atoms with E-state index in [2.05, 4.69) is 5.32 Å². The lowest BCUT2D eigenvalue weighted by atomic mass is 10.2. The number of nitrogens with one attached hydrogen (secondary N) is 1. The van der Waals surface area contributed by atoms with E-state index in [0.717, 1.165) is 21.5 Å². The van der Waals surface area contributed by atoms with Gasteiger partial charge < -0.3 is 10.1 Å². The molecule has 1 aliphatic rings. The number of thioether (sulfide) groups is 1. The summed E-state index contributed by atoms with van der Waals surface area (Å²) in [6.07, 6.45) is 1.71. The van der Waals surface area contributed by atoms with Crippen molar-refractivity contribution >= 4 is 46.2 Å². The summed E-state index contributed by atoms with van der Waals surface area (Å²) in [6, 6.07) is 19.9. The van der Waals surface area contributed by atoms with Crippen molar-refractivity contribution in [2.24, 2.45) is 0 Å². The molecule has 1 aromatic heterocycles. The van der Waals surface area contributed by atoms with Crippen LogP contribution in [0.2, 0.25) is 0 Å². The second kappa shape index (κ2) is 9.63. The van der Waals surface area contributed by atoms with Crippen LogP contribution in [-0.4, -0.2) is 35.0 Å². The second-order valence-electron chi connectivity index (χ2n) is 6.55. The van der Waals surface area contributed by atoms with Gasteiger partial charge in [-0.2, -0.15) is 0 Å². The van der Waals surface area contributed by atoms with Gasteiger partial charge in [-0.05, 0) is 59.6 Å². The molecular formula is C23H18N2O4S2. The third-order valence-corrected chi connectivity index (χ3v) is 6.11. The van der Waals surface area contributed by atoms with Gasteiger partial charge in [0.05, 0.1) is 4.91 Å². The van der Waals surface area contributed by atoms with Gasteiger partial charge in [0.1, 0.15) is 11.5 Å². The summed E-state index contributed by atoms with van der Waals surface area (Å²) in [5.74, 6) is 0.578. The summed E-state index contributed by atoms with van der Waals surface area (Å²) in [5.41, 5.74) is 0.431. The van der Waals surface area contributed by atoms with Crippen molar-refractivity contribution in [2.45, 2.75) is 0 Å². The minimum absolute atomic E-state index is 0.110. The van der Waals surface area contributed by atoms with Crippen molar-refractivity contribution in [1.82, 2.24) is 10.2 Å². The van der Waals surface area contributed by atoms with Crippen LogP contribution >= 0.6 is 23.1 Å². The zero-order valence-corrected chi connectivity index (χ0v) is 17.9. The standard InChI is InChI=1S/C23H18N2O4S2/c26-21(16-6-4-9-18(14-16)29-17-7-2-1-3-8-17)24-11-12-25-22(27)20(31-23(25)28)15-19-10-5-13-30-19/h1-10,13-15H,11-12H2,(H,24,26). The van der Waals surface area contributed by atoms with E-state index in [1.165, 1.54) is 11.3 Å². The number of carbonyl (C=O) groups is 3. The average Bonchev–Trinajstić information content (AvgIpc) is 3.38. The number of para-hydroxylation sites is 1. The SMILES string of the molecule is O=C(NCCN1C(=O)SC(=Cc2cccs2)C1=O)c1cccc(Oc2ccccc2)c1. The van der Waals surface area contributed by atoms with E-state index in [1.807, 2.05) is 47.8 Å². The van der Waals surface area contributed by atoms with Crippen LogP contribution in [0.15, 0.2) is 77.0 Å². The molecule has 0 saturated carbocycles. The van der Waals surface area contributed by atoms with Crippen LogP contribution in [0.1, 0.15) is 15.2 Å². The van der Waals surface area contributed by atoms with Crippen molar-refractivity contribution in [3.63, 3.8) is 0 Å². The van der Waals surface area contributed by atoms with Crippen molar-refractivity contribution in [2.75, 3.05) is 13.1 Å². The average molecular weight is 451 g/mol. The van der Waals surface area contributed by atoms with E-state index in [9.17, 15) is 14.4 Å². The number of hydrogen-bond acceptors (Lipinski definition) is 6. The smallest absolute Gasteiger partial charge is 0.293 e. The lowest BCUT2D eigenvalue weighted by Gasteiger charge is -2.13. The van der Waals surface area contributed by atoms with Crippen LogP contribution in [-0.2, 0) is 4.79 Å². The Kier molecular flexibility index (Phi) is 6.49. The van der Waals surface area contributed by atoms with Gasteiger partial charge in [0.15, 0.2) is 0 Å². The van der Waals surface area contributed by atoms with Crippen molar-refractivity contribution in [3.05, 3.63) is 87.5 Å². The molecule has 1 saturated heterocycles. The largest absolute Gasteiger partial charge is 0.457 e. The van der Waals surface area contributed by atoms with Crippen LogP contribution in [0.4, 0.5) is 4.79 Å². The Labute approximate surface area is 187 Å². The molecule has 3 amide bonds. The van der Waals surface area contributed by atoms with Gasteiger partial charge in [0, 0.05) is 23.5 Å². The third kappa shape index (κ3) is 5.22. The highest BCUT2D eigenvalue weighted by Crippen LogP contribution is 2.32. The van der Waals surface area contributed by atoms with Crippen LogP contribution in [0.5, 0.6) is 11.5 Å².